The maximum absolute atomic E-state index is 12.7. The lowest BCUT2D eigenvalue weighted by Crippen LogP contribution is -2.26. The van der Waals surface area contributed by atoms with Crippen molar-refractivity contribution in [1.82, 2.24) is 9.97 Å². The maximum Gasteiger partial charge on any atom is 0.267 e. The molecule has 1 aliphatic carbocycles. The van der Waals surface area contributed by atoms with E-state index in [1.165, 1.54) is 22.7 Å². The van der Waals surface area contributed by atoms with Gasteiger partial charge in [0.25, 0.3) is 5.91 Å². The Kier molecular flexibility index (Phi) is 4.38. The molecule has 0 atom stereocenters. The standard InChI is InChI=1S/C21H17N3O2S3/c1-21(2)9-12-17(13(25)10-21)29-20(23-12)24-18(26)15-7-8-16(27-15)19-22-11-5-3-4-6-14(11)28-19/h3-8H,9-10H2,1-2H3,(H,23,24,26). The van der Waals surface area contributed by atoms with Crippen LogP contribution in [0.2, 0.25) is 0 Å². The van der Waals surface area contributed by atoms with Gasteiger partial charge in [-0.15, -0.1) is 22.7 Å². The topological polar surface area (TPSA) is 72.0 Å². The minimum absolute atomic E-state index is 0.0840. The van der Waals surface area contributed by atoms with E-state index >= 15 is 0 Å². The number of nitrogens with one attached hydrogen (secondary N) is 1. The number of hydrogen-bond acceptors (Lipinski definition) is 7. The van der Waals surface area contributed by atoms with Crippen molar-refractivity contribution in [3.63, 3.8) is 0 Å². The molecule has 1 aromatic carbocycles. The molecule has 4 aromatic rings. The average molecular weight is 440 g/mol. The van der Waals surface area contributed by atoms with Crippen LogP contribution in [0.15, 0.2) is 36.4 Å². The molecule has 146 valence electrons. The number of fused-ring (bicyclic) bond motifs is 2. The van der Waals surface area contributed by atoms with Crippen LogP contribution >= 0.6 is 34.0 Å². The molecule has 5 nitrogen and oxygen atoms in total. The first-order valence-electron chi connectivity index (χ1n) is 9.18. The number of ketones is 1. The van der Waals surface area contributed by atoms with E-state index in [0.717, 1.165) is 32.2 Å². The number of thiophene rings is 1. The van der Waals surface area contributed by atoms with Gasteiger partial charge in [-0.05, 0) is 36.1 Å². The Hall–Kier alpha value is -2.42. The number of para-hydroxylation sites is 1. The van der Waals surface area contributed by atoms with Crippen LogP contribution in [-0.4, -0.2) is 21.7 Å². The first-order chi connectivity index (χ1) is 13.9. The molecular weight excluding hydrogens is 422 g/mol. The molecule has 0 aliphatic heterocycles. The number of carbonyl (C=O) groups is 2. The molecule has 0 spiro atoms. The fraction of sp³-hybridized carbons (Fsp3) is 0.238. The molecule has 0 fully saturated rings. The molecule has 5 rings (SSSR count). The number of Topliss-reactive ketones (excluding diaryl/α,β-unsaturated/α-hetero) is 1. The molecule has 3 heterocycles. The number of carbonyl (C=O) groups excluding carboxylic acids is 2. The largest absolute Gasteiger partial charge is 0.297 e. The average Bonchev–Trinajstić information content (AvgIpc) is 3.37. The van der Waals surface area contributed by atoms with Gasteiger partial charge in [0, 0.05) is 6.42 Å². The van der Waals surface area contributed by atoms with Crippen molar-refractivity contribution >= 4 is 61.0 Å². The van der Waals surface area contributed by atoms with Crippen LogP contribution in [0, 0.1) is 5.41 Å². The van der Waals surface area contributed by atoms with Crippen molar-refractivity contribution in [2.75, 3.05) is 5.32 Å². The van der Waals surface area contributed by atoms with Gasteiger partial charge in [-0.25, -0.2) is 9.97 Å². The third-order valence-corrected chi connectivity index (χ3v) is 8.13. The third-order valence-electron chi connectivity index (χ3n) is 4.79. The molecular formula is C21H17N3O2S3. The smallest absolute Gasteiger partial charge is 0.267 e. The normalized spacial score (nSPS) is 15.4. The minimum atomic E-state index is -0.208. The van der Waals surface area contributed by atoms with E-state index in [9.17, 15) is 9.59 Å². The van der Waals surface area contributed by atoms with Crippen LogP contribution in [0.4, 0.5) is 5.13 Å². The lowest BCUT2D eigenvalue weighted by molar-refractivity contribution is 0.0915. The summed E-state index contributed by atoms with van der Waals surface area (Å²) in [7, 11) is 0. The van der Waals surface area contributed by atoms with Gasteiger partial charge in [0.15, 0.2) is 10.9 Å². The van der Waals surface area contributed by atoms with Gasteiger partial charge in [0.2, 0.25) is 0 Å². The van der Waals surface area contributed by atoms with Crippen LogP contribution in [0.5, 0.6) is 0 Å². The Morgan fingerprint density at radius 1 is 1.03 bits per heavy atom. The third kappa shape index (κ3) is 3.52. The summed E-state index contributed by atoms with van der Waals surface area (Å²) in [6, 6.07) is 11.7. The van der Waals surface area contributed by atoms with E-state index in [4.69, 9.17) is 0 Å². The number of benzene rings is 1. The van der Waals surface area contributed by atoms with Gasteiger partial charge in [0.05, 0.1) is 30.5 Å². The molecule has 0 saturated heterocycles. The van der Waals surface area contributed by atoms with Crippen molar-refractivity contribution in [3.05, 3.63) is 51.8 Å². The van der Waals surface area contributed by atoms with Gasteiger partial charge < -0.3 is 0 Å². The predicted octanol–water partition coefficient (Wildman–Crippen LogP) is 5.89. The Balaban J connectivity index is 1.37. The number of amides is 1. The van der Waals surface area contributed by atoms with E-state index in [-0.39, 0.29) is 17.1 Å². The number of hydrogen-bond donors (Lipinski definition) is 1. The van der Waals surface area contributed by atoms with Crippen molar-refractivity contribution < 1.29 is 9.59 Å². The summed E-state index contributed by atoms with van der Waals surface area (Å²) >= 11 is 4.30. The number of anilines is 1. The summed E-state index contributed by atoms with van der Waals surface area (Å²) in [5, 5.41) is 4.26. The van der Waals surface area contributed by atoms with Gasteiger partial charge in [-0.3, -0.25) is 14.9 Å². The summed E-state index contributed by atoms with van der Waals surface area (Å²) in [5.74, 6) is -0.0938. The fourth-order valence-electron chi connectivity index (χ4n) is 3.48. The first-order valence-corrected chi connectivity index (χ1v) is 11.6. The van der Waals surface area contributed by atoms with Crippen molar-refractivity contribution in [1.29, 1.82) is 0 Å². The zero-order valence-electron chi connectivity index (χ0n) is 15.8. The second-order valence-electron chi connectivity index (χ2n) is 7.84. The highest BCUT2D eigenvalue weighted by molar-refractivity contribution is 7.26. The highest BCUT2D eigenvalue weighted by Crippen LogP contribution is 2.39. The molecule has 1 amide bonds. The number of rotatable bonds is 3. The van der Waals surface area contributed by atoms with Crippen molar-refractivity contribution in [2.45, 2.75) is 26.7 Å². The van der Waals surface area contributed by atoms with Gasteiger partial charge in [-0.1, -0.05) is 37.3 Å². The monoisotopic (exact) mass is 439 g/mol. The second kappa shape index (κ2) is 6.83. The Morgan fingerprint density at radius 3 is 2.69 bits per heavy atom. The molecule has 3 aromatic heterocycles. The minimum Gasteiger partial charge on any atom is -0.297 e. The van der Waals surface area contributed by atoms with Crippen LogP contribution in [-0.2, 0) is 6.42 Å². The van der Waals surface area contributed by atoms with Crippen LogP contribution in [0.1, 0.15) is 45.3 Å². The summed E-state index contributed by atoms with van der Waals surface area (Å²) in [6.45, 7) is 4.14. The molecule has 1 N–H and O–H groups in total. The molecule has 29 heavy (non-hydrogen) atoms. The number of nitrogens with zero attached hydrogens (tertiary/aromatic N) is 2. The van der Waals surface area contributed by atoms with Crippen LogP contribution in [0.3, 0.4) is 0 Å². The van der Waals surface area contributed by atoms with Crippen LogP contribution in [0.25, 0.3) is 20.1 Å². The van der Waals surface area contributed by atoms with E-state index in [0.29, 0.717) is 21.3 Å². The maximum atomic E-state index is 12.7. The Morgan fingerprint density at radius 2 is 1.86 bits per heavy atom. The predicted molar refractivity (Wildman–Crippen MR) is 119 cm³/mol. The van der Waals surface area contributed by atoms with Crippen molar-refractivity contribution in [3.8, 4) is 9.88 Å². The highest BCUT2D eigenvalue weighted by atomic mass is 32.1. The zero-order valence-corrected chi connectivity index (χ0v) is 18.3. The molecule has 0 bridgehead atoms. The van der Waals surface area contributed by atoms with Gasteiger partial charge >= 0.3 is 0 Å². The number of aromatic nitrogens is 2. The van der Waals surface area contributed by atoms with Gasteiger partial charge in [-0.2, -0.15) is 0 Å². The zero-order chi connectivity index (χ0) is 20.2. The Bertz CT molecular complexity index is 1230. The summed E-state index contributed by atoms with van der Waals surface area (Å²) in [6.07, 6.45) is 1.27. The second-order valence-corrected chi connectivity index (χ2v) is 11.0. The lowest BCUT2D eigenvalue weighted by Gasteiger charge is -2.26. The summed E-state index contributed by atoms with van der Waals surface area (Å²) in [4.78, 5) is 36.5. The Labute approximate surface area is 179 Å². The lowest BCUT2D eigenvalue weighted by atomic mass is 9.78. The highest BCUT2D eigenvalue weighted by Gasteiger charge is 2.34. The molecule has 8 heteroatoms. The summed E-state index contributed by atoms with van der Waals surface area (Å²) in [5.41, 5.74) is 1.68. The molecule has 1 aliphatic rings. The molecule has 0 radical (unpaired) electrons. The molecule has 0 unspecified atom stereocenters. The van der Waals surface area contributed by atoms with E-state index in [1.807, 2.05) is 36.4 Å². The summed E-state index contributed by atoms with van der Waals surface area (Å²) < 4.78 is 1.13. The van der Waals surface area contributed by atoms with E-state index < -0.39 is 0 Å². The van der Waals surface area contributed by atoms with E-state index in [2.05, 4.69) is 29.1 Å². The van der Waals surface area contributed by atoms with Crippen molar-refractivity contribution in [2.24, 2.45) is 5.41 Å². The quantitative estimate of drug-likeness (QED) is 0.432. The number of thiazole rings is 2. The first kappa shape index (κ1) is 18.6. The molecule has 0 saturated carbocycles. The van der Waals surface area contributed by atoms with E-state index in [1.54, 1.807) is 11.3 Å². The fourth-order valence-corrected chi connectivity index (χ4v) is 6.32. The van der Waals surface area contributed by atoms with Gasteiger partial charge in [0.1, 0.15) is 5.01 Å². The van der Waals surface area contributed by atoms with Crippen LogP contribution < -0.4 is 5.32 Å². The SMILES string of the molecule is CC1(C)CC(=O)c2sc(NC(=O)c3ccc(-c4nc5ccccc5s4)s3)nc2C1.